The molecule has 1 fully saturated rings. The van der Waals surface area contributed by atoms with Gasteiger partial charge in [0, 0.05) is 18.6 Å². The molecule has 1 aliphatic rings. The summed E-state index contributed by atoms with van der Waals surface area (Å²) in [6.07, 6.45) is 1.76. The first kappa shape index (κ1) is 19.9. The average Bonchev–Trinajstić information content (AvgIpc) is 3.23. The Kier molecular flexibility index (Phi) is 5.65. The molecular weight excluding hydrogens is 344 g/mol. The van der Waals surface area contributed by atoms with Crippen molar-refractivity contribution in [2.45, 2.75) is 57.7 Å². The molecule has 0 amide bonds. The number of ether oxygens (including phenoxy) is 1. The molecule has 2 rings (SSSR count). The maximum atomic E-state index is 12.5. The first-order chi connectivity index (χ1) is 11.5. The molecule has 1 aromatic heterocycles. The number of nitrogens with one attached hydrogen (secondary N) is 1. The number of methoxy groups -OCH3 is 1. The van der Waals surface area contributed by atoms with Crippen LogP contribution >= 0.6 is 0 Å². The third-order valence-electron chi connectivity index (χ3n) is 5.26. The number of sulfonamides is 1. The second kappa shape index (κ2) is 7.09. The third-order valence-corrected chi connectivity index (χ3v) is 7.03. The first-order valence-corrected chi connectivity index (χ1v) is 9.89. The molecule has 0 aliphatic carbocycles. The number of hydrogen-bond acceptors (Lipinski definition) is 6. The van der Waals surface area contributed by atoms with Gasteiger partial charge in [-0.1, -0.05) is 0 Å². The lowest BCUT2D eigenvalue weighted by Crippen LogP contribution is -2.55. The predicted octanol–water partition coefficient (Wildman–Crippen LogP) is 2.13. The minimum atomic E-state index is -3.55. The fraction of sp³-hybridized carbons (Fsp3) is 0.706. The van der Waals surface area contributed by atoms with Gasteiger partial charge in [-0.2, -0.15) is 4.31 Å². The zero-order chi connectivity index (χ0) is 18.9. The quantitative estimate of drug-likeness (QED) is 0.738. The van der Waals surface area contributed by atoms with Crippen LogP contribution in [0.2, 0.25) is 0 Å². The van der Waals surface area contributed by atoms with E-state index in [2.05, 4.69) is 5.32 Å². The summed E-state index contributed by atoms with van der Waals surface area (Å²) in [4.78, 5) is 12.0. The van der Waals surface area contributed by atoms with E-state index < -0.39 is 21.0 Å². The summed E-state index contributed by atoms with van der Waals surface area (Å²) in [5.41, 5.74) is -1.35. The fourth-order valence-electron chi connectivity index (χ4n) is 2.69. The zero-order valence-corrected chi connectivity index (χ0v) is 16.4. The van der Waals surface area contributed by atoms with Crippen LogP contribution in [0.3, 0.4) is 0 Å². The highest BCUT2D eigenvalue weighted by atomic mass is 32.2. The molecule has 1 saturated heterocycles. The van der Waals surface area contributed by atoms with Crippen LogP contribution in [0.1, 0.15) is 46.3 Å². The van der Waals surface area contributed by atoms with Crippen LogP contribution in [0.15, 0.2) is 21.6 Å². The number of hydrogen-bond donors (Lipinski definition) is 1. The van der Waals surface area contributed by atoms with Crippen molar-refractivity contribution in [2.24, 2.45) is 5.41 Å². The number of furan rings is 1. The topological polar surface area (TPSA) is 88.8 Å². The largest absolute Gasteiger partial charge is 0.469 e. The minimum absolute atomic E-state index is 0.0313. The van der Waals surface area contributed by atoms with Crippen molar-refractivity contribution in [3.05, 3.63) is 17.9 Å². The van der Waals surface area contributed by atoms with E-state index in [9.17, 15) is 13.2 Å². The van der Waals surface area contributed by atoms with Crippen LogP contribution in [0.4, 0.5) is 0 Å². The van der Waals surface area contributed by atoms with E-state index in [-0.39, 0.29) is 11.1 Å². The van der Waals surface area contributed by atoms with Crippen LogP contribution in [0.5, 0.6) is 0 Å². The second-order valence-electron chi connectivity index (χ2n) is 7.43. The van der Waals surface area contributed by atoms with Crippen molar-refractivity contribution in [1.82, 2.24) is 9.62 Å². The van der Waals surface area contributed by atoms with Crippen molar-refractivity contribution < 1.29 is 22.4 Å². The molecule has 8 heteroatoms. The Morgan fingerprint density at radius 2 is 1.84 bits per heavy atom. The predicted molar refractivity (Wildman–Crippen MR) is 93.4 cm³/mol. The molecule has 0 unspecified atom stereocenters. The van der Waals surface area contributed by atoms with E-state index in [0.717, 1.165) is 12.8 Å². The summed E-state index contributed by atoms with van der Waals surface area (Å²) in [5.74, 6) is 0.188. The van der Waals surface area contributed by atoms with Crippen molar-refractivity contribution in [3.8, 4) is 0 Å². The molecule has 0 spiro atoms. The van der Waals surface area contributed by atoms with Crippen molar-refractivity contribution in [2.75, 3.05) is 20.2 Å². The Hall–Kier alpha value is -1.38. The Bertz CT molecular complexity index is 715. The molecule has 0 aromatic carbocycles. The lowest BCUT2D eigenvalue weighted by molar-refractivity contribution is -0.155. The van der Waals surface area contributed by atoms with Crippen molar-refractivity contribution >= 4 is 16.0 Å². The number of esters is 1. The Morgan fingerprint density at radius 3 is 2.40 bits per heavy atom. The lowest BCUT2D eigenvalue weighted by atomic mass is 9.74. The Balaban J connectivity index is 2.08. The Morgan fingerprint density at radius 1 is 1.24 bits per heavy atom. The van der Waals surface area contributed by atoms with Gasteiger partial charge in [0.2, 0.25) is 5.09 Å². The first-order valence-electron chi connectivity index (χ1n) is 8.45. The molecule has 1 aliphatic heterocycles. The normalized spacial score (nSPS) is 17.0. The summed E-state index contributed by atoms with van der Waals surface area (Å²) >= 11 is 0. The summed E-state index contributed by atoms with van der Waals surface area (Å²) in [7, 11) is -2.19. The van der Waals surface area contributed by atoms with Gasteiger partial charge in [-0.15, -0.1) is 0 Å². The van der Waals surface area contributed by atoms with Crippen molar-refractivity contribution in [1.29, 1.82) is 0 Å². The summed E-state index contributed by atoms with van der Waals surface area (Å²) in [6, 6.07) is 3.14. The highest BCUT2D eigenvalue weighted by Crippen LogP contribution is 2.32. The van der Waals surface area contributed by atoms with E-state index in [0.29, 0.717) is 25.4 Å². The highest BCUT2D eigenvalue weighted by Gasteiger charge is 2.44. The van der Waals surface area contributed by atoms with E-state index in [1.165, 1.54) is 17.5 Å². The van der Waals surface area contributed by atoms with E-state index in [4.69, 9.17) is 9.15 Å². The Labute approximate surface area is 149 Å². The maximum Gasteiger partial charge on any atom is 0.313 e. The maximum absolute atomic E-state index is 12.5. The van der Waals surface area contributed by atoms with Crippen LogP contribution in [-0.4, -0.2) is 44.4 Å². The number of rotatable bonds is 7. The third kappa shape index (κ3) is 3.91. The zero-order valence-electron chi connectivity index (χ0n) is 15.6. The lowest BCUT2D eigenvalue weighted by Gasteiger charge is -2.39. The van der Waals surface area contributed by atoms with Crippen LogP contribution in [0.25, 0.3) is 0 Å². The van der Waals surface area contributed by atoms with Crippen molar-refractivity contribution in [3.63, 3.8) is 0 Å². The molecule has 25 heavy (non-hydrogen) atoms. The molecule has 1 N–H and O–H groups in total. The molecule has 0 atom stereocenters. The number of carbonyl (C=O) groups excluding carboxylic acids is 1. The standard InChI is InChI=1S/C17H28N2O5S/c1-16(2,15(20)23-5)17(3,4)18-12-13-8-9-14(24-13)25(21,22)19-10-6-7-11-19/h8-9,18H,6-7,10-12H2,1-5H3. The van der Waals surface area contributed by atoms with Gasteiger partial charge in [0.25, 0.3) is 10.0 Å². The molecular formula is C17H28N2O5S. The van der Waals surface area contributed by atoms with Gasteiger partial charge >= 0.3 is 5.97 Å². The van der Waals surface area contributed by atoms with Gasteiger partial charge < -0.3 is 14.5 Å². The second-order valence-corrected chi connectivity index (χ2v) is 9.30. The molecule has 7 nitrogen and oxygen atoms in total. The van der Waals surface area contributed by atoms with Crippen LogP contribution in [0, 0.1) is 5.41 Å². The monoisotopic (exact) mass is 372 g/mol. The average molecular weight is 372 g/mol. The minimum Gasteiger partial charge on any atom is -0.469 e. The number of carbonyl (C=O) groups is 1. The van der Waals surface area contributed by atoms with E-state index >= 15 is 0 Å². The molecule has 2 heterocycles. The van der Waals surface area contributed by atoms with E-state index in [1.54, 1.807) is 19.9 Å². The summed E-state index contributed by atoms with van der Waals surface area (Å²) < 4.78 is 36.8. The molecule has 0 saturated carbocycles. The molecule has 1 aromatic rings. The molecule has 142 valence electrons. The van der Waals surface area contributed by atoms with Gasteiger partial charge in [-0.3, -0.25) is 4.79 Å². The summed E-state index contributed by atoms with van der Waals surface area (Å²) in [6.45, 7) is 8.79. The summed E-state index contributed by atoms with van der Waals surface area (Å²) in [5, 5.41) is 3.23. The molecule has 0 bridgehead atoms. The van der Waals surface area contributed by atoms with Crippen LogP contribution < -0.4 is 5.32 Å². The van der Waals surface area contributed by atoms with E-state index in [1.807, 2.05) is 13.8 Å². The van der Waals surface area contributed by atoms with Gasteiger partial charge in [0.15, 0.2) is 0 Å². The van der Waals surface area contributed by atoms with Gasteiger partial charge in [0.05, 0.1) is 19.1 Å². The fourth-order valence-corrected chi connectivity index (χ4v) is 4.13. The van der Waals surface area contributed by atoms with Crippen LogP contribution in [-0.2, 0) is 26.1 Å². The number of nitrogens with zero attached hydrogens (tertiary/aromatic N) is 1. The molecule has 0 radical (unpaired) electrons. The van der Waals surface area contributed by atoms with Gasteiger partial charge in [0.1, 0.15) is 5.76 Å². The smallest absolute Gasteiger partial charge is 0.313 e. The van der Waals surface area contributed by atoms with Gasteiger partial charge in [-0.05, 0) is 52.7 Å². The van der Waals surface area contributed by atoms with Gasteiger partial charge in [-0.25, -0.2) is 8.42 Å². The SMILES string of the molecule is COC(=O)C(C)(C)C(C)(C)NCc1ccc(S(=O)(=O)N2CCCC2)o1. The highest BCUT2D eigenvalue weighted by molar-refractivity contribution is 7.89.